The van der Waals surface area contributed by atoms with Gasteiger partial charge in [-0.1, -0.05) is 6.07 Å². The Kier molecular flexibility index (Phi) is 4.21. The molecule has 7 heteroatoms. The summed E-state index contributed by atoms with van der Waals surface area (Å²) in [4.78, 5) is 22.0. The van der Waals surface area contributed by atoms with Gasteiger partial charge in [0.1, 0.15) is 11.6 Å². The predicted molar refractivity (Wildman–Crippen MR) is 119 cm³/mol. The molecule has 1 aromatic carbocycles. The summed E-state index contributed by atoms with van der Waals surface area (Å²) in [5.41, 5.74) is 4.54. The summed E-state index contributed by atoms with van der Waals surface area (Å²) in [5.74, 6) is 0.612. The Morgan fingerprint density at radius 1 is 0.906 bits per heavy atom. The van der Waals surface area contributed by atoms with Crippen LogP contribution >= 0.6 is 0 Å². The first-order valence-electron chi connectivity index (χ1n) is 11.1. The van der Waals surface area contributed by atoms with Crippen LogP contribution in [0.25, 0.3) is 33.7 Å². The number of rotatable bonds is 3. The smallest absolute Gasteiger partial charge is 0.144 e. The van der Waals surface area contributed by atoms with E-state index in [4.69, 9.17) is 4.98 Å². The highest BCUT2D eigenvalue weighted by atomic mass is 19.1. The minimum Gasteiger partial charge on any atom is -0.390 e. The zero-order valence-electron chi connectivity index (χ0n) is 17.9. The summed E-state index contributed by atoms with van der Waals surface area (Å²) in [6.07, 6.45) is 8.50. The number of nitrogens with zero attached hydrogens (tertiary/aromatic N) is 4. The first kappa shape index (κ1) is 19.5. The summed E-state index contributed by atoms with van der Waals surface area (Å²) in [7, 11) is 0. The fourth-order valence-corrected chi connectivity index (χ4v) is 5.33. The highest BCUT2D eigenvalue weighted by Crippen LogP contribution is 2.53. The van der Waals surface area contributed by atoms with Crippen LogP contribution in [0.4, 0.5) is 4.39 Å². The zero-order chi connectivity index (χ0) is 21.9. The first-order chi connectivity index (χ1) is 15.4. The fourth-order valence-electron chi connectivity index (χ4n) is 5.33. The van der Waals surface area contributed by atoms with E-state index in [-0.39, 0.29) is 11.2 Å². The number of halogens is 1. The molecule has 0 aliphatic heterocycles. The lowest BCUT2D eigenvalue weighted by molar-refractivity contribution is -0.0678. The zero-order valence-corrected chi connectivity index (χ0v) is 17.9. The Morgan fingerprint density at radius 3 is 2.34 bits per heavy atom. The standard InChI is InChI=1S/C25H24FN5O/c1-15-17(26)3-5-19(29-15)22-21(16-2-4-18-20(14-16)28-13-12-27-18)30-23(31-22)24-6-9-25(32,10-7-24)11-8-24/h2-5,12-14,32H,6-11H2,1H3,(H,30,31). The molecule has 2 N–H and O–H groups in total. The average Bonchev–Trinajstić information content (AvgIpc) is 3.28. The lowest BCUT2D eigenvalue weighted by Gasteiger charge is -2.50. The van der Waals surface area contributed by atoms with Gasteiger partial charge in [-0.3, -0.25) is 9.97 Å². The van der Waals surface area contributed by atoms with Crippen molar-refractivity contribution in [3.8, 4) is 22.6 Å². The number of fused-ring (bicyclic) bond motifs is 4. The molecule has 0 atom stereocenters. The van der Waals surface area contributed by atoms with Crippen LogP contribution in [0, 0.1) is 12.7 Å². The molecule has 0 saturated heterocycles. The maximum absolute atomic E-state index is 13.9. The predicted octanol–water partition coefficient (Wildman–Crippen LogP) is 4.87. The molecule has 3 saturated carbocycles. The van der Waals surface area contributed by atoms with Crippen molar-refractivity contribution in [1.29, 1.82) is 0 Å². The van der Waals surface area contributed by atoms with E-state index < -0.39 is 5.60 Å². The van der Waals surface area contributed by atoms with Crippen LogP contribution < -0.4 is 0 Å². The van der Waals surface area contributed by atoms with E-state index in [2.05, 4.69) is 19.9 Å². The fraction of sp³-hybridized carbons (Fsp3) is 0.360. The Bertz CT molecular complexity index is 1320. The minimum absolute atomic E-state index is 0.0663. The van der Waals surface area contributed by atoms with Crippen LogP contribution in [0.15, 0.2) is 42.7 Å². The molecule has 0 spiro atoms. The molecular formula is C25H24FN5O. The van der Waals surface area contributed by atoms with Crippen molar-refractivity contribution in [2.75, 3.05) is 0 Å². The van der Waals surface area contributed by atoms with Gasteiger partial charge in [0.25, 0.3) is 0 Å². The highest BCUT2D eigenvalue weighted by molar-refractivity contribution is 5.84. The summed E-state index contributed by atoms with van der Waals surface area (Å²) >= 11 is 0. The molecule has 7 rings (SSSR count). The molecule has 0 amide bonds. The van der Waals surface area contributed by atoms with Crippen molar-refractivity contribution < 1.29 is 9.50 Å². The molecule has 0 radical (unpaired) electrons. The number of aromatic amines is 1. The largest absolute Gasteiger partial charge is 0.390 e. The number of imidazole rings is 1. The van der Waals surface area contributed by atoms with E-state index >= 15 is 0 Å². The lowest BCUT2D eigenvalue weighted by atomic mass is 9.58. The van der Waals surface area contributed by atoms with Crippen LogP contribution in [-0.2, 0) is 5.41 Å². The molecule has 3 heterocycles. The van der Waals surface area contributed by atoms with E-state index in [1.165, 1.54) is 6.07 Å². The number of aromatic nitrogens is 5. The topological polar surface area (TPSA) is 87.6 Å². The van der Waals surface area contributed by atoms with Gasteiger partial charge in [0.05, 0.1) is 39.4 Å². The monoisotopic (exact) mass is 429 g/mol. The van der Waals surface area contributed by atoms with E-state index in [9.17, 15) is 9.50 Å². The maximum Gasteiger partial charge on any atom is 0.144 e. The Morgan fingerprint density at radius 2 is 1.62 bits per heavy atom. The molecule has 3 aromatic heterocycles. The highest BCUT2D eigenvalue weighted by Gasteiger charge is 2.50. The molecule has 162 valence electrons. The molecule has 3 aliphatic rings. The third-order valence-electron chi connectivity index (χ3n) is 7.43. The quantitative estimate of drug-likeness (QED) is 0.485. The van der Waals surface area contributed by atoms with Crippen molar-refractivity contribution >= 4 is 11.0 Å². The molecule has 4 aromatic rings. The summed E-state index contributed by atoms with van der Waals surface area (Å²) < 4.78 is 13.9. The number of aryl methyl sites for hydroxylation is 1. The number of hydrogen-bond acceptors (Lipinski definition) is 5. The van der Waals surface area contributed by atoms with Gasteiger partial charge in [-0.15, -0.1) is 0 Å². The van der Waals surface area contributed by atoms with Gasteiger partial charge in [0.2, 0.25) is 0 Å². The molecular weight excluding hydrogens is 405 g/mol. The second-order valence-electron chi connectivity index (χ2n) is 9.34. The van der Waals surface area contributed by atoms with Crippen molar-refractivity contribution in [1.82, 2.24) is 24.9 Å². The van der Waals surface area contributed by atoms with E-state index in [1.807, 2.05) is 18.2 Å². The van der Waals surface area contributed by atoms with Gasteiger partial charge in [-0.25, -0.2) is 14.4 Å². The third-order valence-corrected chi connectivity index (χ3v) is 7.43. The molecule has 2 bridgehead atoms. The van der Waals surface area contributed by atoms with Crippen molar-refractivity contribution in [3.63, 3.8) is 0 Å². The number of benzene rings is 1. The normalized spacial score (nSPS) is 24.8. The second-order valence-corrected chi connectivity index (χ2v) is 9.34. The van der Waals surface area contributed by atoms with Gasteiger partial charge < -0.3 is 10.1 Å². The van der Waals surface area contributed by atoms with Crippen LogP contribution in [0.5, 0.6) is 0 Å². The Balaban J connectivity index is 1.52. The van der Waals surface area contributed by atoms with Crippen LogP contribution in [-0.4, -0.2) is 35.6 Å². The van der Waals surface area contributed by atoms with Gasteiger partial charge in [-0.2, -0.15) is 0 Å². The Hall–Kier alpha value is -3.19. The van der Waals surface area contributed by atoms with Gasteiger partial charge in [0, 0.05) is 23.4 Å². The second kappa shape index (κ2) is 6.90. The van der Waals surface area contributed by atoms with Gasteiger partial charge >= 0.3 is 0 Å². The van der Waals surface area contributed by atoms with Crippen LogP contribution in [0.1, 0.15) is 50.0 Å². The number of hydrogen-bond donors (Lipinski definition) is 2. The Labute approximate surface area is 185 Å². The van der Waals surface area contributed by atoms with Crippen molar-refractivity contribution in [3.05, 3.63) is 60.1 Å². The van der Waals surface area contributed by atoms with E-state index in [0.29, 0.717) is 11.4 Å². The van der Waals surface area contributed by atoms with E-state index in [0.717, 1.165) is 72.3 Å². The minimum atomic E-state index is -0.507. The van der Waals surface area contributed by atoms with Crippen molar-refractivity contribution in [2.45, 2.75) is 56.5 Å². The summed E-state index contributed by atoms with van der Waals surface area (Å²) in [5, 5.41) is 10.7. The molecule has 0 unspecified atom stereocenters. The van der Waals surface area contributed by atoms with Gasteiger partial charge in [0.15, 0.2) is 0 Å². The first-order valence-corrected chi connectivity index (χ1v) is 11.1. The molecule has 32 heavy (non-hydrogen) atoms. The summed E-state index contributed by atoms with van der Waals surface area (Å²) in [6, 6.07) is 9.07. The van der Waals surface area contributed by atoms with Crippen LogP contribution in [0.2, 0.25) is 0 Å². The van der Waals surface area contributed by atoms with E-state index in [1.54, 1.807) is 25.4 Å². The maximum atomic E-state index is 13.9. The number of pyridine rings is 1. The number of aliphatic hydroxyl groups is 1. The molecule has 6 nitrogen and oxygen atoms in total. The van der Waals surface area contributed by atoms with Crippen LogP contribution in [0.3, 0.4) is 0 Å². The van der Waals surface area contributed by atoms with Gasteiger partial charge in [-0.05, 0) is 69.7 Å². The lowest BCUT2D eigenvalue weighted by Crippen LogP contribution is -2.48. The summed E-state index contributed by atoms with van der Waals surface area (Å²) in [6.45, 7) is 1.67. The number of nitrogens with one attached hydrogen (secondary N) is 1. The third kappa shape index (κ3) is 3.03. The molecule has 3 fully saturated rings. The van der Waals surface area contributed by atoms with Crippen molar-refractivity contribution in [2.24, 2.45) is 0 Å². The molecule has 3 aliphatic carbocycles. The average molecular weight is 429 g/mol. The number of H-pyrrole nitrogens is 1. The SMILES string of the molecule is Cc1nc(-c2[nH]c(C34CCC(O)(CC3)CC4)nc2-c2ccc3nccnc3c2)ccc1F.